The fraction of sp³-hybridized carbons (Fsp3) is 0.0943. The topological polar surface area (TPSA) is 0 Å². The second kappa shape index (κ2) is 13.6. The fourth-order valence-corrected chi connectivity index (χ4v) is 12.1. The number of thiophene rings is 3. The molecule has 0 unspecified atom stereocenters. The van der Waals surface area contributed by atoms with Gasteiger partial charge in [0.1, 0.15) is 0 Å². The Labute approximate surface area is 338 Å². The standard InChI is InChI=1S/C53H38S3/c1-3-4-11-35-18-25-47-51(50(35)40-28-36(17-16-32(40)2)33-12-7-5-8-13-33)41-30-38(20-23-44(41)54-47)39-21-24-46-43(31-39)53-49(56-46)27-26-48-52(53)42-29-37(19-22-45(42)55-48)34-14-9-6-10-15-34/h5-10,12-31H,3-4,11H2,1-2H3. The van der Waals surface area contributed by atoms with Gasteiger partial charge in [-0.25, -0.2) is 0 Å². The zero-order valence-corrected chi connectivity index (χ0v) is 33.8. The third-order valence-corrected chi connectivity index (χ3v) is 15.1. The molecule has 11 rings (SSSR count). The van der Waals surface area contributed by atoms with Crippen LogP contribution >= 0.6 is 34.0 Å². The molecule has 0 nitrogen and oxygen atoms in total. The van der Waals surface area contributed by atoms with E-state index in [1.165, 1.54) is 129 Å². The van der Waals surface area contributed by atoms with Crippen molar-refractivity contribution in [2.24, 2.45) is 0 Å². The number of hydrogen-bond donors (Lipinski definition) is 0. The van der Waals surface area contributed by atoms with E-state index in [4.69, 9.17) is 0 Å². The summed E-state index contributed by atoms with van der Waals surface area (Å²) in [6.45, 7) is 4.58. The quantitative estimate of drug-likeness (QED) is 0.151. The van der Waals surface area contributed by atoms with Crippen molar-refractivity contribution in [3.05, 3.63) is 169 Å². The van der Waals surface area contributed by atoms with Crippen molar-refractivity contribution < 1.29 is 0 Å². The maximum atomic E-state index is 2.48. The van der Waals surface area contributed by atoms with Gasteiger partial charge in [-0.15, -0.1) is 34.0 Å². The van der Waals surface area contributed by atoms with Crippen molar-refractivity contribution in [1.29, 1.82) is 0 Å². The van der Waals surface area contributed by atoms with E-state index >= 15 is 0 Å². The second-order valence-corrected chi connectivity index (χ2v) is 18.3. The molecule has 0 saturated heterocycles. The molecule has 268 valence electrons. The molecule has 3 aromatic heterocycles. The Hall–Kier alpha value is -5.58. The van der Waals surface area contributed by atoms with Crippen LogP contribution in [0.25, 0.3) is 105 Å². The number of rotatable bonds is 7. The lowest BCUT2D eigenvalue weighted by Gasteiger charge is -2.16. The summed E-state index contributed by atoms with van der Waals surface area (Å²) >= 11 is 5.75. The zero-order valence-electron chi connectivity index (χ0n) is 31.4. The molecule has 0 amide bonds. The highest BCUT2D eigenvalue weighted by Crippen LogP contribution is 2.48. The Morgan fingerprint density at radius 2 is 0.821 bits per heavy atom. The van der Waals surface area contributed by atoms with Gasteiger partial charge >= 0.3 is 0 Å². The number of fused-ring (bicyclic) bond motifs is 10. The van der Waals surface area contributed by atoms with Crippen LogP contribution in [-0.2, 0) is 6.42 Å². The summed E-state index contributed by atoms with van der Waals surface area (Å²) in [6.07, 6.45) is 3.43. The molecule has 0 aliphatic rings. The summed E-state index contributed by atoms with van der Waals surface area (Å²) in [5.41, 5.74) is 13.1. The fourth-order valence-electron chi connectivity index (χ4n) is 8.80. The highest BCUT2D eigenvalue weighted by atomic mass is 32.1. The van der Waals surface area contributed by atoms with E-state index in [-0.39, 0.29) is 0 Å². The zero-order chi connectivity index (χ0) is 37.3. The minimum absolute atomic E-state index is 1.08. The van der Waals surface area contributed by atoms with E-state index in [1.54, 1.807) is 0 Å². The van der Waals surface area contributed by atoms with Gasteiger partial charge in [-0.2, -0.15) is 0 Å². The lowest BCUT2D eigenvalue weighted by Crippen LogP contribution is -1.94. The molecular weight excluding hydrogens is 733 g/mol. The van der Waals surface area contributed by atoms with Crippen molar-refractivity contribution in [1.82, 2.24) is 0 Å². The van der Waals surface area contributed by atoms with Crippen LogP contribution in [0.3, 0.4) is 0 Å². The van der Waals surface area contributed by atoms with Crippen LogP contribution < -0.4 is 0 Å². The number of hydrogen-bond acceptors (Lipinski definition) is 3. The smallest absolute Gasteiger partial charge is 0.0362 e. The van der Waals surface area contributed by atoms with Gasteiger partial charge < -0.3 is 0 Å². The summed E-state index contributed by atoms with van der Waals surface area (Å²) in [5.74, 6) is 0. The molecule has 0 bridgehead atoms. The Balaban J connectivity index is 1.11. The molecule has 0 radical (unpaired) electrons. The average molecular weight is 771 g/mol. The van der Waals surface area contributed by atoms with Crippen molar-refractivity contribution in [3.8, 4) is 44.5 Å². The summed E-state index contributed by atoms with van der Waals surface area (Å²) in [6, 6.07) is 59.4. The molecule has 0 aliphatic carbocycles. The molecule has 0 fully saturated rings. The highest BCUT2D eigenvalue weighted by Gasteiger charge is 2.19. The molecule has 0 spiro atoms. The van der Waals surface area contributed by atoms with Crippen LogP contribution in [0.5, 0.6) is 0 Å². The molecule has 3 heterocycles. The van der Waals surface area contributed by atoms with Crippen LogP contribution in [-0.4, -0.2) is 0 Å². The van der Waals surface area contributed by atoms with Crippen LogP contribution in [0.15, 0.2) is 158 Å². The van der Waals surface area contributed by atoms with E-state index in [0.717, 1.165) is 6.42 Å². The Morgan fingerprint density at radius 1 is 0.393 bits per heavy atom. The van der Waals surface area contributed by atoms with Crippen molar-refractivity contribution >= 4 is 94.5 Å². The van der Waals surface area contributed by atoms with Crippen LogP contribution in [0.2, 0.25) is 0 Å². The molecule has 11 aromatic rings. The second-order valence-electron chi connectivity index (χ2n) is 15.1. The average Bonchev–Trinajstić information content (AvgIpc) is 3.93. The first-order valence-electron chi connectivity index (χ1n) is 19.6. The van der Waals surface area contributed by atoms with Crippen LogP contribution in [0.1, 0.15) is 30.9 Å². The maximum Gasteiger partial charge on any atom is 0.0362 e. The molecule has 56 heavy (non-hydrogen) atoms. The lowest BCUT2D eigenvalue weighted by atomic mass is 9.87. The van der Waals surface area contributed by atoms with Crippen molar-refractivity contribution in [2.75, 3.05) is 0 Å². The Morgan fingerprint density at radius 3 is 1.36 bits per heavy atom. The first-order chi connectivity index (χ1) is 27.6. The summed E-state index contributed by atoms with van der Waals surface area (Å²) in [4.78, 5) is 0. The minimum atomic E-state index is 1.08. The molecule has 0 atom stereocenters. The van der Waals surface area contributed by atoms with Crippen LogP contribution in [0, 0.1) is 6.92 Å². The van der Waals surface area contributed by atoms with Gasteiger partial charge in [0.2, 0.25) is 0 Å². The van der Waals surface area contributed by atoms with Crippen LogP contribution in [0.4, 0.5) is 0 Å². The first-order valence-corrected chi connectivity index (χ1v) is 22.1. The third-order valence-electron chi connectivity index (χ3n) is 11.6. The van der Waals surface area contributed by atoms with E-state index in [9.17, 15) is 0 Å². The van der Waals surface area contributed by atoms with Gasteiger partial charge in [0.15, 0.2) is 0 Å². The first kappa shape index (κ1) is 33.7. The number of unbranched alkanes of at least 4 members (excludes halogenated alkanes) is 1. The predicted octanol–water partition coefficient (Wildman–Crippen LogP) is 17.1. The van der Waals surface area contributed by atoms with E-state index in [2.05, 4.69) is 172 Å². The van der Waals surface area contributed by atoms with Gasteiger partial charge in [-0.3, -0.25) is 0 Å². The van der Waals surface area contributed by atoms with Gasteiger partial charge in [-0.05, 0) is 136 Å². The van der Waals surface area contributed by atoms with Gasteiger partial charge in [0, 0.05) is 60.5 Å². The molecular formula is C53H38S3. The predicted molar refractivity (Wildman–Crippen MR) is 250 cm³/mol. The van der Waals surface area contributed by atoms with Gasteiger partial charge in [-0.1, -0.05) is 110 Å². The Kier molecular flexibility index (Phi) is 8.17. The summed E-state index contributed by atoms with van der Waals surface area (Å²) in [7, 11) is 0. The molecule has 0 aliphatic heterocycles. The minimum Gasteiger partial charge on any atom is -0.135 e. The third kappa shape index (κ3) is 5.52. The van der Waals surface area contributed by atoms with Gasteiger partial charge in [0.05, 0.1) is 0 Å². The maximum absolute atomic E-state index is 2.48. The lowest BCUT2D eigenvalue weighted by molar-refractivity contribution is 0.797. The Bertz CT molecular complexity index is 3290. The number of benzene rings is 8. The van der Waals surface area contributed by atoms with Gasteiger partial charge in [0.25, 0.3) is 0 Å². The van der Waals surface area contributed by atoms with E-state index in [0.29, 0.717) is 0 Å². The highest BCUT2D eigenvalue weighted by molar-refractivity contribution is 7.28. The molecule has 8 aromatic carbocycles. The number of aryl methyl sites for hydroxylation is 2. The van der Waals surface area contributed by atoms with Crippen molar-refractivity contribution in [2.45, 2.75) is 33.1 Å². The summed E-state index contributed by atoms with van der Waals surface area (Å²) < 4.78 is 8.10. The molecule has 3 heteroatoms. The summed E-state index contributed by atoms with van der Waals surface area (Å²) in [5, 5.41) is 8.24. The molecule has 0 N–H and O–H groups in total. The van der Waals surface area contributed by atoms with E-state index in [1.807, 2.05) is 34.0 Å². The SMILES string of the molecule is CCCCc1ccc2sc3ccc(-c4ccc5sc6ccc7sc8ccc(-c9ccccc9)cc8c7c6c5c4)cc3c2c1-c1cc(-c2ccccc2)ccc1C. The normalized spacial score (nSPS) is 12.0. The van der Waals surface area contributed by atoms with E-state index < -0.39 is 0 Å². The monoisotopic (exact) mass is 770 g/mol. The van der Waals surface area contributed by atoms with Crippen molar-refractivity contribution in [3.63, 3.8) is 0 Å². The largest absolute Gasteiger partial charge is 0.135 e. The molecule has 0 saturated carbocycles.